The van der Waals surface area contributed by atoms with Crippen molar-refractivity contribution in [3.63, 3.8) is 0 Å². The minimum atomic E-state index is -0.271. The molecule has 1 unspecified atom stereocenters. The first-order valence-corrected chi connectivity index (χ1v) is 9.27. The van der Waals surface area contributed by atoms with Crippen molar-refractivity contribution in [3.05, 3.63) is 34.9 Å². The average Bonchev–Trinajstić information content (AvgIpc) is 3.20. The molecule has 1 saturated heterocycles. The van der Waals surface area contributed by atoms with E-state index in [4.69, 9.17) is 11.6 Å². The van der Waals surface area contributed by atoms with E-state index in [1.165, 1.54) is 0 Å². The molecule has 3 nitrogen and oxygen atoms in total. The summed E-state index contributed by atoms with van der Waals surface area (Å²) in [6, 6.07) is 7.83. The smallest absolute Gasteiger partial charge is 0.244 e. The molecular weight excluding hydrogens is 304 g/mol. The normalized spacial score (nSPS) is 23.0. The van der Waals surface area contributed by atoms with Gasteiger partial charge in [-0.05, 0) is 55.4 Å². The summed E-state index contributed by atoms with van der Waals surface area (Å²) in [6.07, 6.45) is 6.24. The first-order valence-electron chi connectivity index (χ1n) is 7.49. The number of hydrogen-bond donors (Lipinski definition) is 1. The number of carbonyl (C=O) groups is 1. The molecule has 5 heteroatoms. The number of thioether (sulfide) groups is 1. The number of unbranched alkanes of at least 4 members (excludes halogenated alkanes) is 1. The van der Waals surface area contributed by atoms with Crippen LogP contribution < -0.4 is 5.32 Å². The van der Waals surface area contributed by atoms with Crippen LogP contribution in [-0.2, 0) is 4.79 Å². The Morgan fingerprint density at radius 3 is 2.90 bits per heavy atom. The zero-order valence-electron chi connectivity index (χ0n) is 12.3. The Morgan fingerprint density at radius 1 is 1.43 bits per heavy atom. The molecule has 1 amide bonds. The van der Waals surface area contributed by atoms with Crippen LogP contribution in [0.25, 0.3) is 0 Å². The predicted molar refractivity (Wildman–Crippen MR) is 88.6 cm³/mol. The number of carbonyl (C=O) groups excluding carboxylic acids is 1. The van der Waals surface area contributed by atoms with Crippen LogP contribution >= 0.6 is 23.4 Å². The molecule has 21 heavy (non-hydrogen) atoms. The fourth-order valence-electron chi connectivity index (χ4n) is 2.98. The molecule has 0 bridgehead atoms. The Hall–Kier alpha value is -0.710. The van der Waals surface area contributed by atoms with E-state index in [1.54, 1.807) is 0 Å². The van der Waals surface area contributed by atoms with Crippen molar-refractivity contribution in [2.24, 2.45) is 0 Å². The van der Waals surface area contributed by atoms with Crippen LogP contribution in [0, 0.1) is 0 Å². The molecule has 1 aromatic rings. The summed E-state index contributed by atoms with van der Waals surface area (Å²) in [5.41, 5.74) is 0.816. The maximum atomic E-state index is 12.6. The van der Waals surface area contributed by atoms with E-state index in [0.29, 0.717) is 0 Å². The minimum absolute atomic E-state index is 0.0204. The summed E-state index contributed by atoms with van der Waals surface area (Å²) < 4.78 is 0. The van der Waals surface area contributed by atoms with Gasteiger partial charge in [0.25, 0.3) is 0 Å². The van der Waals surface area contributed by atoms with Gasteiger partial charge in [-0.25, -0.2) is 0 Å². The SMILES string of the molecule is CSCCCCN1C(=O)C2(CC2)NC1c1cccc(Cl)c1. The van der Waals surface area contributed by atoms with Crippen LogP contribution in [0.4, 0.5) is 0 Å². The zero-order chi connectivity index (χ0) is 14.9. The van der Waals surface area contributed by atoms with Gasteiger partial charge in [0.1, 0.15) is 11.7 Å². The lowest BCUT2D eigenvalue weighted by atomic mass is 10.1. The largest absolute Gasteiger partial charge is 0.321 e. The quantitative estimate of drug-likeness (QED) is 0.813. The lowest BCUT2D eigenvalue weighted by Gasteiger charge is -2.24. The van der Waals surface area contributed by atoms with Gasteiger partial charge in [0.2, 0.25) is 5.91 Å². The minimum Gasteiger partial charge on any atom is -0.321 e. The standard InChI is InChI=1S/C16H21ClN2OS/c1-21-10-3-2-9-19-14(12-5-4-6-13(17)11-12)18-16(7-8-16)15(19)20/h4-6,11,14,18H,2-3,7-10H2,1H3. The highest BCUT2D eigenvalue weighted by Gasteiger charge is 2.59. The van der Waals surface area contributed by atoms with Gasteiger partial charge in [0.15, 0.2) is 0 Å². The van der Waals surface area contributed by atoms with E-state index in [-0.39, 0.29) is 17.6 Å². The molecule has 2 aliphatic rings. The van der Waals surface area contributed by atoms with Gasteiger partial charge >= 0.3 is 0 Å². The molecular formula is C16H21ClN2OS. The molecule has 1 aliphatic heterocycles. The Labute approximate surface area is 135 Å². The van der Waals surface area contributed by atoms with E-state index < -0.39 is 0 Å². The van der Waals surface area contributed by atoms with Crippen LogP contribution in [-0.4, -0.2) is 34.9 Å². The van der Waals surface area contributed by atoms with E-state index >= 15 is 0 Å². The molecule has 0 aromatic heterocycles. The van der Waals surface area contributed by atoms with Crippen molar-refractivity contribution in [1.82, 2.24) is 10.2 Å². The number of rotatable bonds is 6. The summed E-state index contributed by atoms with van der Waals surface area (Å²) >= 11 is 7.97. The highest BCUT2D eigenvalue weighted by atomic mass is 35.5. The van der Waals surface area contributed by atoms with E-state index in [1.807, 2.05) is 40.9 Å². The number of nitrogens with zero attached hydrogens (tertiary/aromatic N) is 1. The van der Waals surface area contributed by atoms with Crippen LogP contribution in [0.3, 0.4) is 0 Å². The van der Waals surface area contributed by atoms with Gasteiger partial charge in [0.05, 0.1) is 0 Å². The Kier molecular flexibility index (Phi) is 4.48. The fraction of sp³-hybridized carbons (Fsp3) is 0.562. The van der Waals surface area contributed by atoms with Gasteiger partial charge in [-0.1, -0.05) is 23.7 Å². The summed E-state index contributed by atoms with van der Waals surface area (Å²) in [5.74, 6) is 1.43. The third kappa shape index (κ3) is 3.08. The summed E-state index contributed by atoms with van der Waals surface area (Å²) in [7, 11) is 0. The highest BCUT2D eigenvalue weighted by molar-refractivity contribution is 7.98. The molecule has 1 N–H and O–H groups in total. The predicted octanol–water partition coefficient (Wildman–Crippen LogP) is 3.45. The second-order valence-electron chi connectivity index (χ2n) is 5.88. The third-order valence-corrected chi connectivity index (χ3v) is 5.24. The van der Waals surface area contributed by atoms with Crippen molar-refractivity contribution in [3.8, 4) is 0 Å². The van der Waals surface area contributed by atoms with Crippen molar-refractivity contribution in [2.45, 2.75) is 37.4 Å². The number of nitrogens with one attached hydrogen (secondary N) is 1. The number of hydrogen-bond acceptors (Lipinski definition) is 3. The number of halogens is 1. The van der Waals surface area contributed by atoms with Gasteiger partial charge in [-0.15, -0.1) is 0 Å². The van der Waals surface area contributed by atoms with Crippen LogP contribution in [0.15, 0.2) is 24.3 Å². The Morgan fingerprint density at radius 2 is 2.24 bits per heavy atom. The lowest BCUT2D eigenvalue weighted by molar-refractivity contribution is -0.130. The van der Waals surface area contributed by atoms with Crippen molar-refractivity contribution < 1.29 is 4.79 Å². The van der Waals surface area contributed by atoms with E-state index in [9.17, 15) is 4.79 Å². The summed E-state index contributed by atoms with van der Waals surface area (Å²) in [6.45, 7) is 0.825. The lowest BCUT2D eigenvalue weighted by Crippen LogP contribution is -2.33. The van der Waals surface area contributed by atoms with Crippen LogP contribution in [0.2, 0.25) is 5.02 Å². The second-order valence-corrected chi connectivity index (χ2v) is 7.30. The van der Waals surface area contributed by atoms with Crippen LogP contribution in [0.1, 0.15) is 37.4 Å². The fourth-order valence-corrected chi connectivity index (χ4v) is 3.67. The molecule has 2 fully saturated rings. The highest BCUT2D eigenvalue weighted by Crippen LogP contribution is 2.46. The van der Waals surface area contributed by atoms with Gasteiger partial charge < -0.3 is 4.90 Å². The maximum Gasteiger partial charge on any atom is 0.244 e. The molecule has 1 saturated carbocycles. The van der Waals surface area contributed by atoms with E-state index in [2.05, 4.69) is 11.6 Å². The first-order chi connectivity index (χ1) is 10.2. The summed E-state index contributed by atoms with van der Waals surface area (Å²) in [5, 5.41) is 4.26. The number of benzene rings is 1. The Balaban J connectivity index is 1.75. The molecule has 3 rings (SSSR count). The first kappa shape index (κ1) is 15.2. The average molecular weight is 325 g/mol. The molecule has 1 heterocycles. The molecule has 1 aliphatic carbocycles. The van der Waals surface area contributed by atoms with Crippen molar-refractivity contribution in [2.75, 3.05) is 18.6 Å². The van der Waals surface area contributed by atoms with Gasteiger partial charge in [-0.3, -0.25) is 10.1 Å². The number of amides is 1. The van der Waals surface area contributed by atoms with Gasteiger partial charge in [0, 0.05) is 11.6 Å². The topological polar surface area (TPSA) is 32.3 Å². The molecule has 1 atom stereocenters. The second kappa shape index (κ2) is 6.19. The van der Waals surface area contributed by atoms with Crippen LogP contribution in [0.5, 0.6) is 0 Å². The van der Waals surface area contributed by atoms with Gasteiger partial charge in [-0.2, -0.15) is 11.8 Å². The Bertz CT molecular complexity index is 533. The zero-order valence-corrected chi connectivity index (χ0v) is 13.8. The van der Waals surface area contributed by atoms with Crippen molar-refractivity contribution >= 4 is 29.3 Å². The molecule has 0 radical (unpaired) electrons. The van der Waals surface area contributed by atoms with Crippen molar-refractivity contribution in [1.29, 1.82) is 0 Å². The third-order valence-electron chi connectivity index (χ3n) is 4.31. The molecule has 114 valence electrons. The van der Waals surface area contributed by atoms with E-state index in [0.717, 1.165) is 48.6 Å². The molecule has 1 aromatic carbocycles. The maximum absolute atomic E-state index is 12.6. The summed E-state index contributed by atoms with van der Waals surface area (Å²) in [4.78, 5) is 14.7. The molecule has 1 spiro atoms. The monoisotopic (exact) mass is 324 g/mol.